The lowest BCUT2D eigenvalue weighted by Crippen LogP contribution is -2.06. The van der Waals surface area contributed by atoms with Crippen LogP contribution < -0.4 is 5.73 Å². The Labute approximate surface area is 118 Å². The maximum absolute atomic E-state index is 13.4. The van der Waals surface area contributed by atoms with Gasteiger partial charge in [0.15, 0.2) is 0 Å². The summed E-state index contributed by atoms with van der Waals surface area (Å²) in [6.45, 7) is 0. The van der Waals surface area contributed by atoms with Gasteiger partial charge in [0, 0.05) is 17.7 Å². The normalized spacial score (nSPS) is 12.4. The first-order valence-electron chi connectivity index (χ1n) is 5.65. The Morgan fingerprint density at radius 1 is 1.21 bits per heavy atom. The molecule has 2 aromatic rings. The molecule has 0 fully saturated rings. The standard InChI is InChI=1S/C14H12BrF2NO/c15-14-8(2-1-3-11(14)17)6-13(19)10-7-9(16)4-5-12(10)18/h1-5,7,13,19H,6,18H2. The smallest absolute Gasteiger partial charge is 0.137 e. The fourth-order valence-corrected chi connectivity index (χ4v) is 2.28. The molecule has 0 aliphatic carbocycles. The molecule has 1 atom stereocenters. The molecule has 5 heteroatoms. The lowest BCUT2D eigenvalue weighted by atomic mass is 10.00. The SMILES string of the molecule is Nc1ccc(F)cc1C(O)Cc1cccc(F)c1Br. The van der Waals surface area contributed by atoms with Crippen molar-refractivity contribution in [3.63, 3.8) is 0 Å². The van der Waals surface area contributed by atoms with Crippen LogP contribution >= 0.6 is 15.9 Å². The van der Waals surface area contributed by atoms with Gasteiger partial charge in [0.2, 0.25) is 0 Å². The van der Waals surface area contributed by atoms with E-state index in [1.165, 1.54) is 24.3 Å². The van der Waals surface area contributed by atoms with E-state index in [1.807, 2.05) is 0 Å². The predicted molar refractivity (Wildman–Crippen MR) is 73.6 cm³/mol. The first-order valence-corrected chi connectivity index (χ1v) is 6.44. The molecule has 100 valence electrons. The average molecular weight is 328 g/mol. The van der Waals surface area contributed by atoms with Crippen molar-refractivity contribution in [3.8, 4) is 0 Å². The Kier molecular flexibility index (Phi) is 4.17. The van der Waals surface area contributed by atoms with Crippen molar-refractivity contribution >= 4 is 21.6 Å². The number of hydrogen-bond acceptors (Lipinski definition) is 2. The summed E-state index contributed by atoms with van der Waals surface area (Å²) in [6.07, 6.45) is -0.847. The zero-order valence-electron chi connectivity index (χ0n) is 9.91. The minimum absolute atomic E-state index is 0.145. The monoisotopic (exact) mass is 327 g/mol. The second-order valence-electron chi connectivity index (χ2n) is 4.21. The summed E-state index contributed by atoms with van der Waals surface area (Å²) < 4.78 is 26.8. The van der Waals surface area contributed by atoms with Crippen LogP contribution in [-0.2, 0) is 6.42 Å². The highest BCUT2D eigenvalue weighted by Crippen LogP contribution is 2.28. The third kappa shape index (κ3) is 3.11. The summed E-state index contributed by atoms with van der Waals surface area (Å²) in [5.41, 5.74) is 6.90. The summed E-state index contributed by atoms with van der Waals surface area (Å²) in [4.78, 5) is 0. The quantitative estimate of drug-likeness (QED) is 0.846. The zero-order chi connectivity index (χ0) is 14.0. The van der Waals surface area contributed by atoms with Crippen LogP contribution in [-0.4, -0.2) is 5.11 Å². The van der Waals surface area contributed by atoms with E-state index in [0.717, 1.165) is 0 Å². The van der Waals surface area contributed by atoms with Gasteiger partial charge in [-0.2, -0.15) is 0 Å². The van der Waals surface area contributed by atoms with Crippen LogP contribution in [0.15, 0.2) is 40.9 Å². The van der Waals surface area contributed by atoms with Gasteiger partial charge in [-0.25, -0.2) is 8.78 Å². The minimum Gasteiger partial charge on any atom is -0.398 e. The third-order valence-corrected chi connectivity index (χ3v) is 3.74. The second kappa shape index (κ2) is 5.67. The van der Waals surface area contributed by atoms with Gasteiger partial charge in [0.05, 0.1) is 10.6 Å². The maximum atomic E-state index is 13.4. The number of aliphatic hydroxyl groups excluding tert-OH is 1. The highest BCUT2D eigenvalue weighted by atomic mass is 79.9. The number of hydrogen-bond donors (Lipinski definition) is 2. The third-order valence-electron chi connectivity index (χ3n) is 2.85. The molecule has 0 saturated heterocycles. The number of nitrogens with two attached hydrogens (primary N) is 1. The van der Waals surface area contributed by atoms with Crippen molar-refractivity contribution in [1.29, 1.82) is 0 Å². The van der Waals surface area contributed by atoms with Gasteiger partial charge in [-0.3, -0.25) is 0 Å². The summed E-state index contributed by atoms with van der Waals surface area (Å²) in [7, 11) is 0. The molecule has 0 aliphatic heterocycles. The molecule has 0 saturated carbocycles. The van der Waals surface area contributed by atoms with Crippen LogP contribution in [0.25, 0.3) is 0 Å². The molecular weight excluding hydrogens is 316 g/mol. The van der Waals surface area contributed by atoms with Crippen molar-refractivity contribution in [2.75, 3.05) is 5.73 Å². The predicted octanol–water partition coefficient (Wildman–Crippen LogP) is 3.59. The molecule has 1 unspecified atom stereocenters. The van der Waals surface area contributed by atoms with E-state index in [4.69, 9.17) is 5.73 Å². The molecule has 3 N–H and O–H groups in total. The first-order chi connectivity index (χ1) is 8.99. The summed E-state index contributed by atoms with van der Waals surface area (Å²) >= 11 is 3.12. The van der Waals surface area contributed by atoms with Crippen LogP contribution in [0.4, 0.5) is 14.5 Å². The first kappa shape index (κ1) is 14.0. The number of aliphatic hydroxyl groups is 1. The van der Waals surface area contributed by atoms with E-state index in [9.17, 15) is 13.9 Å². The van der Waals surface area contributed by atoms with E-state index >= 15 is 0 Å². The van der Waals surface area contributed by atoms with E-state index in [-0.39, 0.29) is 6.42 Å². The molecule has 0 bridgehead atoms. The van der Waals surface area contributed by atoms with Crippen molar-refractivity contribution in [2.45, 2.75) is 12.5 Å². The number of benzene rings is 2. The number of halogens is 3. The fourth-order valence-electron chi connectivity index (χ4n) is 1.86. The van der Waals surface area contributed by atoms with Gasteiger partial charge in [-0.15, -0.1) is 0 Å². The van der Waals surface area contributed by atoms with Crippen molar-refractivity contribution in [1.82, 2.24) is 0 Å². The van der Waals surface area contributed by atoms with Crippen LogP contribution in [0, 0.1) is 11.6 Å². The number of nitrogen functional groups attached to an aromatic ring is 1. The molecule has 0 heterocycles. The lowest BCUT2D eigenvalue weighted by Gasteiger charge is -2.14. The molecule has 0 aromatic heterocycles. The highest BCUT2D eigenvalue weighted by Gasteiger charge is 2.15. The molecule has 2 aromatic carbocycles. The van der Waals surface area contributed by atoms with Crippen LogP contribution in [0.1, 0.15) is 17.2 Å². The van der Waals surface area contributed by atoms with Crippen LogP contribution in [0.2, 0.25) is 0 Å². The van der Waals surface area contributed by atoms with Gasteiger partial charge in [-0.1, -0.05) is 12.1 Å². The van der Waals surface area contributed by atoms with Crippen molar-refractivity contribution in [3.05, 3.63) is 63.6 Å². The molecule has 0 spiro atoms. The Bertz CT molecular complexity index is 604. The lowest BCUT2D eigenvalue weighted by molar-refractivity contribution is 0.178. The molecular formula is C14H12BrF2NO. The maximum Gasteiger partial charge on any atom is 0.137 e. The zero-order valence-corrected chi connectivity index (χ0v) is 11.5. The van der Waals surface area contributed by atoms with Gasteiger partial charge in [0.1, 0.15) is 11.6 Å². The van der Waals surface area contributed by atoms with Crippen LogP contribution in [0.3, 0.4) is 0 Å². The topological polar surface area (TPSA) is 46.2 Å². The van der Waals surface area contributed by atoms with E-state index in [2.05, 4.69) is 15.9 Å². The highest BCUT2D eigenvalue weighted by molar-refractivity contribution is 9.10. The Balaban J connectivity index is 2.28. The molecule has 2 rings (SSSR count). The van der Waals surface area contributed by atoms with Gasteiger partial charge < -0.3 is 10.8 Å². The Morgan fingerprint density at radius 2 is 1.95 bits per heavy atom. The van der Waals surface area contributed by atoms with Crippen molar-refractivity contribution < 1.29 is 13.9 Å². The van der Waals surface area contributed by atoms with E-state index < -0.39 is 17.7 Å². The molecule has 2 nitrogen and oxygen atoms in total. The minimum atomic E-state index is -0.992. The molecule has 19 heavy (non-hydrogen) atoms. The Hall–Kier alpha value is -1.46. The largest absolute Gasteiger partial charge is 0.398 e. The van der Waals surface area contributed by atoms with Gasteiger partial charge in [-0.05, 0) is 45.8 Å². The molecule has 0 radical (unpaired) electrons. The van der Waals surface area contributed by atoms with E-state index in [0.29, 0.717) is 21.3 Å². The summed E-state index contributed by atoms with van der Waals surface area (Å²) in [5.74, 6) is -0.876. The van der Waals surface area contributed by atoms with Crippen LogP contribution in [0.5, 0.6) is 0 Å². The summed E-state index contributed by atoms with van der Waals surface area (Å²) in [6, 6.07) is 8.37. The molecule has 0 amide bonds. The van der Waals surface area contributed by atoms with Gasteiger partial charge in [0.25, 0.3) is 0 Å². The second-order valence-corrected chi connectivity index (χ2v) is 5.00. The summed E-state index contributed by atoms with van der Waals surface area (Å²) in [5, 5.41) is 10.1. The fraction of sp³-hybridized carbons (Fsp3) is 0.143. The van der Waals surface area contributed by atoms with E-state index in [1.54, 1.807) is 12.1 Å². The Morgan fingerprint density at radius 3 is 2.68 bits per heavy atom. The number of anilines is 1. The van der Waals surface area contributed by atoms with Crippen molar-refractivity contribution in [2.24, 2.45) is 0 Å². The molecule has 0 aliphatic rings. The number of rotatable bonds is 3. The average Bonchev–Trinajstić information content (AvgIpc) is 2.38. The van der Waals surface area contributed by atoms with Gasteiger partial charge >= 0.3 is 0 Å².